The lowest BCUT2D eigenvalue weighted by atomic mass is 10.3. The minimum absolute atomic E-state index is 0. The second-order valence-electron chi connectivity index (χ2n) is 2.92. The molecule has 3 nitrogen and oxygen atoms in total. The van der Waals surface area contributed by atoms with E-state index in [1.807, 2.05) is 41.9 Å². The Labute approximate surface area is 95.1 Å². The van der Waals surface area contributed by atoms with E-state index in [4.69, 9.17) is 5.73 Å². The Balaban J connectivity index is 0.000000845. The lowest BCUT2D eigenvalue weighted by Gasteiger charge is -1.95. The van der Waals surface area contributed by atoms with Crippen LogP contribution in [0, 0.1) is 0 Å². The van der Waals surface area contributed by atoms with E-state index in [0.717, 1.165) is 11.3 Å². The Kier molecular flexibility index (Phi) is 4.91. The molecule has 14 heavy (non-hydrogen) atoms. The van der Waals surface area contributed by atoms with Crippen molar-refractivity contribution in [2.45, 2.75) is 13.0 Å². The van der Waals surface area contributed by atoms with Crippen molar-refractivity contribution in [3.05, 3.63) is 36.3 Å². The van der Waals surface area contributed by atoms with Gasteiger partial charge in [-0.3, -0.25) is 0 Å². The van der Waals surface area contributed by atoms with Crippen molar-refractivity contribution in [2.24, 2.45) is 5.73 Å². The predicted octanol–water partition coefficient (Wildman–Crippen LogP) is 2.20. The molecule has 0 aliphatic rings. The Hall–Kier alpha value is -0.770. The molecule has 0 unspecified atom stereocenters. The standard InChI is InChI=1S/C9H11N3.2ClH/c1-7(10)8-6-12-5-3-2-4-9(12)11-8;;/h2-7H,10H2,1H3;2*1H/t7-;;/m0../s1. The minimum Gasteiger partial charge on any atom is -0.323 e. The van der Waals surface area contributed by atoms with Crippen molar-refractivity contribution in [1.29, 1.82) is 0 Å². The monoisotopic (exact) mass is 233 g/mol. The van der Waals surface area contributed by atoms with Gasteiger partial charge in [0.2, 0.25) is 0 Å². The highest BCUT2D eigenvalue weighted by atomic mass is 35.5. The molecule has 5 heteroatoms. The molecule has 0 aromatic carbocycles. The molecule has 0 saturated carbocycles. The summed E-state index contributed by atoms with van der Waals surface area (Å²) in [7, 11) is 0. The molecule has 0 aliphatic carbocycles. The first kappa shape index (κ1) is 13.2. The molecule has 0 fully saturated rings. The molecule has 1 atom stereocenters. The van der Waals surface area contributed by atoms with Crippen molar-refractivity contribution in [2.75, 3.05) is 0 Å². The van der Waals surface area contributed by atoms with Gasteiger partial charge in [0, 0.05) is 18.4 Å². The van der Waals surface area contributed by atoms with Gasteiger partial charge < -0.3 is 10.1 Å². The molecule has 0 amide bonds. The van der Waals surface area contributed by atoms with Crippen molar-refractivity contribution in [1.82, 2.24) is 9.38 Å². The van der Waals surface area contributed by atoms with E-state index in [2.05, 4.69) is 4.98 Å². The first-order valence-corrected chi connectivity index (χ1v) is 3.96. The predicted molar refractivity (Wildman–Crippen MR) is 62.3 cm³/mol. The average molecular weight is 234 g/mol. The topological polar surface area (TPSA) is 43.3 Å². The SMILES string of the molecule is C[C@H](N)c1cn2ccccc2n1.Cl.Cl. The third kappa shape index (κ3) is 2.38. The van der Waals surface area contributed by atoms with E-state index in [9.17, 15) is 0 Å². The maximum absolute atomic E-state index is 5.70. The molecule has 2 aromatic rings. The zero-order chi connectivity index (χ0) is 8.55. The summed E-state index contributed by atoms with van der Waals surface area (Å²) in [6, 6.07) is 5.91. The zero-order valence-corrected chi connectivity index (χ0v) is 9.39. The molecule has 2 aromatic heterocycles. The Morgan fingerprint density at radius 3 is 2.64 bits per heavy atom. The molecule has 2 rings (SSSR count). The van der Waals surface area contributed by atoms with Gasteiger partial charge in [-0.2, -0.15) is 0 Å². The van der Waals surface area contributed by atoms with Crippen molar-refractivity contribution >= 4 is 30.5 Å². The number of fused-ring (bicyclic) bond motifs is 1. The number of halogens is 2. The van der Waals surface area contributed by atoms with Crippen LogP contribution >= 0.6 is 24.8 Å². The molecule has 2 N–H and O–H groups in total. The van der Waals surface area contributed by atoms with Gasteiger partial charge in [0.1, 0.15) is 5.65 Å². The molecule has 0 saturated heterocycles. The Bertz CT molecular complexity index is 365. The van der Waals surface area contributed by atoms with Gasteiger partial charge in [0.05, 0.1) is 5.69 Å². The molecular weight excluding hydrogens is 221 g/mol. The maximum atomic E-state index is 5.70. The second kappa shape index (κ2) is 5.20. The molecule has 0 spiro atoms. The van der Waals surface area contributed by atoms with Gasteiger partial charge in [-0.25, -0.2) is 4.98 Å². The first-order valence-electron chi connectivity index (χ1n) is 3.96. The summed E-state index contributed by atoms with van der Waals surface area (Å²) >= 11 is 0. The summed E-state index contributed by atoms with van der Waals surface area (Å²) in [5.74, 6) is 0. The van der Waals surface area contributed by atoms with E-state index >= 15 is 0 Å². The van der Waals surface area contributed by atoms with E-state index < -0.39 is 0 Å². The summed E-state index contributed by atoms with van der Waals surface area (Å²) in [5.41, 5.74) is 7.58. The van der Waals surface area contributed by atoms with Crippen LogP contribution in [0.1, 0.15) is 18.7 Å². The highest BCUT2D eigenvalue weighted by molar-refractivity contribution is 5.85. The number of imidazole rings is 1. The second-order valence-corrected chi connectivity index (χ2v) is 2.92. The average Bonchev–Trinajstić information content (AvgIpc) is 2.46. The quantitative estimate of drug-likeness (QED) is 0.821. The molecular formula is C9H13Cl2N3. The van der Waals surface area contributed by atoms with Crippen molar-refractivity contribution < 1.29 is 0 Å². The molecule has 78 valence electrons. The van der Waals surface area contributed by atoms with E-state index in [-0.39, 0.29) is 30.9 Å². The van der Waals surface area contributed by atoms with Crippen LogP contribution in [-0.4, -0.2) is 9.38 Å². The lowest BCUT2D eigenvalue weighted by molar-refractivity contribution is 0.790. The third-order valence-corrected chi connectivity index (χ3v) is 1.85. The first-order chi connectivity index (χ1) is 5.77. The minimum atomic E-state index is 0. The van der Waals surface area contributed by atoms with Gasteiger partial charge in [0.25, 0.3) is 0 Å². The van der Waals surface area contributed by atoms with Crippen LogP contribution in [0.5, 0.6) is 0 Å². The number of rotatable bonds is 1. The number of hydrogen-bond donors (Lipinski definition) is 1. The van der Waals surface area contributed by atoms with Gasteiger partial charge in [-0.05, 0) is 19.1 Å². The van der Waals surface area contributed by atoms with Gasteiger partial charge in [0.15, 0.2) is 0 Å². The lowest BCUT2D eigenvalue weighted by Crippen LogP contribution is -2.04. The summed E-state index contributed by atoms with van der Waals surface area (Å²) in [4.78, 5) is 4.35. The van der Waals surface area contributed by atoms with Crippen LogP contribution in [-0.2, 0) is 0 Å². The fourth-order valence-corrected chi connectivity index (χ4v) is 1.17. The smallest absolute Gasteiger partial charge is 0.137 e. The van der Waals surface area contributed by atoms with Gasteiger partial charge >= 0.3 is 0 Å². The van der Waals surface area contributed by atoms with E-state index in [1.54, 1.807) is 0 Å². The number of nitrogens with two attached hydrogens (primary N) is 1. The number of nitrogens with zero attached hydrogens (tertiary/aromatic N) is 2. The van der Waals surface area contributed by atoms with Crippen LogP contribution < -0.4 is 5.73 Å². The van der Waals surface area contributed by atoms with E-state index in [0.29, 0.717) is 0 Å². The number of aromatic nitrogens is 2. The summed E-state index contributed by atoms with van der Waals surface area (Å²) in [6.07, 6.45) is 3.92. The third-order valence-electron chi connectivity index (χ3n) is 1.85. The zero-order valence-electron chi connectivity index (χ0n) is 7.75. The normalized spacial score (nSPS) is 11.6. The Morgan fingerprint density at radius 2 is 2.07 bits per heavy atom. The number of hydrogen-bond acceptors (Lipinski definition) is 2. The highest BCUT2D eigenvalue weighted by Crippen LogP contribution is 2.09. The van der Waals surface area contributed by atoms with Gasteiger partial charge in [-0.15, -0.1) is 24.8 Å². The van der Waals surface area contributed by atoms with Crippen LogP contribution in [0.3, 0.4) is 0 Å². The molecule has 0 bridgehead atoms. The molecule has 0 radical (unpaired) electrons. The maximum Gasteiger partial charge on any atom is 0.137 e. The Morgan fingerprint density at radius 1 is 1.36 bits per heavy atom. The van der Waals surface area contributed by atoms with E-state index in [1.165, 1.54) is 0 Å². The molecule has 0 aliphatic heterocycles. The fourth-order valence-electron chi connectivity index (χ4n) is 1.17. The van der Waals surface area contributed by atoms with Crippen LogP contribution in [0.2, 0.25) is 0 Å². The summed E-state index contributed by atoms with van der Waals surface area (Å²) in [5, 5.41) is 0. The van der Waals surface area contributed by atoms with Crippen LogP contribution in [0.4, 0.5) is 0 Å². The number of pyridine rings is 1. The van der Waals surface area contributed by atoms with Crippen molar-refractivity contribution in [3.8, 4) is 0 Å². The van der Waals surface area contributed by atoms with Gasteiger partial charge in [-0.1, -0.05) is 6.07 Å². The summed E-state index contributed by atoms with van der Waals surface area (Å²) in [6.45, 7) is 1.93. The highest BCUT2D eigenvalue weighted by Gasteiger charge is 2.03. The largest absolute Gasteiger partial charge is 0.323 e. The van der Waals surface area contributed by atoms with Crippen molar-refractivity contribution in [3.63, 3.8) is 0 Å². The van der Waals surface area contributed by atoms with Crippen LogP contribution in [0.15, 0.2) is 30.6 Å². The van der Waals surface area contributed by atoms with Crippen LogP contribution in [0.25, 0.3) is 5.65 Å². The fraction of sp³-hybridized carbons (Fsp3) is 0.222. The summed E-state index contributed by atoms with van der Waals surface area (Å²) < 4.78 is 1.97. The molecule has 2 heterocycles.